The lowest BCUT2D eigenvalue weighted by molar-refractivity contribution is -0.143. The third-order valence-corrected chi connectivity index (χ3v) is 5.37. The van der Waals surface area contributed by atoms with Crippen LogP contribution in [0, 0.1) is 11.6 Å². The molecule has 0 heterocycles. The topological polar surface area (TPSA) is 38.3 Å². The number of esters is 1. The van der Waals surface area contributed by atoms with Gasteiger partial charge in [-0.1, -0.05) is 54.6 Å². The van der Waals surface area contributed by atoms with Gasteiger partial charge in [0, 0.05) is 5.92 Å². The van der Waals surface area contributed by atoms with Gasteiger partial charge in [-0.15, -0.1) is 0 Å². The smallest absolute Gasteiger partial charge is 0.323 e. The Morgan fingerprint density at radius 2 is 1.42 bits per heavy atom. The Morgan fingerprint density at radius 3 is 1.94 bits per heavy atom. The van der Waals surface area contributed by atoms with Crippen LogP contribution >= 0.6 is 0 Å². The van der Waals surface area contributed by atoms with Crippen molar-refractivity contribution < 1.29 is 18.3 Å². The molecule has 1 N–H and O–H groups in total. The third-order valence-electron chi connectivity index (χ3n) is 5.37. The van der Waals surface area contributed by atoms with Gasteiger partial charge in [0.1, 0.15) is 17.7 Å². The van der Waals surface area contributed by atoms with Crippen molar-refractivity contribution in [1.29, 1.82) is 0 Å². The molecule has 0 aliphatic rings. The third kappa shape index (κ3) is 6.72. The lowest BCUT2D eigenvalue weighted by atomic mass is 9.87. The summed E-state index contributed by atoms with van der Waals surface area (Å²) >= 11 is 0. The zero-order valence-electron chi connectivity index (χ0n) is 17.6. The minimum Gasteiger partial charge on any atom is -0.468 e. The number of nitrogens with one attached hydrogen (secondary N) is 1. The quantitative estimate of drug-likeness (QED) is 0.358. The second-order valence-corrected chi connectivity index (χ2v) is 7.52. The lowest BCUT2D eigenvalue weighted by Crippen LogP contribution is -2.40. The number of rotatable bonds is 10. The van der Waals surface area contributed by atoms with E-state index in [1.807, 2.05) is 30.3 Å². The van der Waals surface area contributed by atoms with Crippen LogP contribution in [0.5, 0.6) is 0 Å². The van der Waals surface area contributed by atoms with E-state index in [1.165, 1.54) is 31.4 Å². The van der Waals surface area contributed by atoms with E-state index in [1.54, 1.807) is 24.3 Å². The molecule has 0 saturated carbocycles. The summed E-state index contributed by atoms with van der Waals surface area (Å²) < 4.78 is 31.7. The molecule has 5 heteroatoms. The van der Waals surface area contributed by atoms with Crippen LogP contribution in [-0.4, -0.2) is 25.7 Å². The Bertz CT molecular complexity index is 898. The molecule has 0 radical (unpaired) electrons. The van der Waals surface area contributed by atoms with Crippen molar-refractivity contribution in [3.05, 3.63) is 107 Å². The molecule has 0 unspecified atom stereocenters. The maximum Gasteiger partial charge on any atom is 0.323 e. The number of carbonyl (C=O) groups excluding carboxylic acids is 1. The number of hydrogen-bond acceptors (Lipinski definition) is 3. The van der Waals surface area contributed by atoms with Crippen molar-refractivity contribution in [2.45, 2.75) is 31.2 Å². The first-order chi connectivity index (χ1) is 15.1. The molecular formula is C26H27F2NO2. The fourth-order valence-electron chi connectivity index (χ4n) is 3.73. The van der Waals surface area contributed by atoms with Crippen molar-refractivity contribution in [2.75, 3.05) is 13.7 Å². The molecule has 0 saturated heterocycles. The molecule has 162 valence electrons. The maximum atomic E-state index is 13.4. The van der Waals surface area contributed by atoms with Crippen LogP contribution in [0.4, 0.5) is 8.78 Å². The normalized spacial score (nSPS) is 12.0. The highest BCUT2D eigenvalue weighted by Crippen LogP contribution is 2.29. The summed E-state index contributed by atoms with van der Waals surface area (Å²) in [5.41, 5.74) is 3.00. The van der Waals surface area contributed by atoms with Crippen molar-refractivity contribution >= 4 is 5.97 Å². The number of hydrogen-bond donors (Lipinski definition) is 1. The molecule has 0 bridgehead atoms. The summed E-state index contributed by atoms with van der Waals surface area (Å²) in [6.45, 7) is 0.617. The first-order valence-corrected chi connectivity index (χ1v) is 10.4. The van der Waals surface area contributed by atoms with Gasteiger partial charge in [-0.05, 0) is 66.8 Å². The summed E-state index contributed by atoms with van der Waals surface area (Å²) in [5.74, 6) is -0.860. The monoisotopic (exact) mass is 423 g/mol. The molecule has 0 fully saturated rings. The molecule has 3 aromatic carbocycles. The number of carbonyl (C=O) groups is 1. The second-order valence-electron chi connectivity index (χ2n) is 7.52. The molecule has 0 spiro atoms. The van der Waals surface area contributed by atoms with E-state index in [9.17, 15) is 13.6 Å². The molecule has 0 aliphatic carbocycles. The largest absolute Gasteiger partial charge is 0.468 e. The predicted octanol–water partition coefficient (Wildman–Crippen LogP) is 5.25. The average Bonchev–Trinajstić information content (AvgIpc) is 2.80. The summed E-state index contributed by atoms with van der Waals surface area (Å²) in [7, 11) is 1.39. The summed E-state index contributed by atoms with van der Waals surface area (Å²) in [4.78, 5) is 12.2. The van der Waals surface area contributed by atoms with Gasteiger partial charge in [0.05, 0.1) is 7.11 Å². The number of ether oxygens (including phenoxy) is 1. The fraction of sp³-hybridized carbons (Fsp3) is 0.269. The summed E-state index contributed by atoms with van der Waals surface area (Å²) in [6.07, 6.45) is 2.10. The number of methoxy groups -OCH3 is 1. The highest BCUT2D eigenvalue weighted by molar-refractivity contribution is 5.76. The Kier molecular flexibility index (Phi) is 8.30. The van der Waals surface area contributed by atoms with E-state index < -0.39 is 6.04 Å². The van der Waals surface area contributed by atoms with E-state index in [0.29, 0.717) is 13.0 Å². The van der Waals surface area contributed by atoms with Crippen LogP contribution in [0.25, 0.3) is 0 Å². The fourth-order valence-corrected chi connectivity index (χ4v) is 3.73. The Balaban J connectivity index is 1.64. The Labute approximate surface area is 182 Å². The Morgan fingerprint density at radius 1 is 0.871 bits per heavy atom. The van der Waals surface area contributed by atoms with Gasteiger partial charge in [-0.25, -0.2) is 8.78 Å². The molecule has 0 aromatic heterocycles. The van der Waals surface area contributed by atoms with Crippen LogP contribution in [0.1, 0.15) is 35.4 Å². The zero-order chi connectivity index (χ0) is 22.1. The average molecular weight is 424 g/mol. The molecule has 0 amide bonds. The lowest BCUT2D eigenvalue weighted by Gasteiger charge is -2.20. The van der Waals surface area contributed by atoms with Gasteiger partial charge in [-0.3, -0.25) is 4.79 Å². The van der Waals surface area contributed by atoms with Crippen LogP contribution in [0.15, 0.2) is 78.9 Å². The SMILES string of the molecule is COC(=O)[C@H](Cc1ccccc1)NCCCC(c1ccc(F)cc1)c1ccc(F)cc1. The van der Waals surface area contributed by atoms with Crippen LogP contribution in [0.2, 0.25) is 0 Å². The van der Waals surface area contributed by atoms with E-state index in [2.05, 4.69) is 5.32 Å². The summed E-state index contributed by atoms with van der Waals surface area (Å²) in [6, 6.07) is 22.2. The van der Waals surface area contributed by atoms with E-state index in [-0.39, 0.29) is 23.5 Å². The number of halogens is 2. The van der Waals surface area contributed by atoms with E-state index in [4.69, 9.17) is 4.74 Å². The van der Waals surface area contributed by atoms with Gasteiger partial charge in [0.25, 0.3) is 0 Å². The van der Waals surface area contributed by atoms with Crippen LogP contribution < -0.4 is 5.32 Å². The highest BCUT2D eigenvalue weighted by Gasteiger charge is 2.20. The van der Waals surface area contributed by atoms with Gasteiger partial charge in [0.15, 0.2) is 0 Å². The number of benzene rings is 3. The molecular weight excluding hydrogens is 396 g/mol. The molecule has 3 aromatic rings. The minimum atomic E-state index is -0.428. The zero-order valence-corrected chi connectivity index (χ0v) is 17.6. The van der Waals surface area contributed by atoms with E-state index in [0.717, 1.165) is 29.5 Å². The van der Waals surface area contributed by atoms with Crippen molar-refractivity contribution in [2.24, 2.45) is 0 Å². The molecule has 31 heavy (non-hydrogen) atoms. The van der Waals surface area contributed by atoms with Crippen molar-refractivity contribution in [3.8, 4) is 0 Å². The molecule has 0 aliphatic heterocycles. The van der Waals surface area contributed by atoms with E-state index >= 15 is 0 Å². The van der Waals surface area contributed by atoms with Crippen molar-refractivity contribution in [3.63, 3.8) is 0 Å². The second kappa shape index (κ2) is 11.4. The molecule has 3 rings (SSSR count). The van der Waals surface area contributed by atoms with Gasteiger partial charge < -0.3 is 10.1 Å². The van der Waals surface area contributed by atoms with Gasteiger partial charge >= 0.3 is 5.97 Å². The first kappa shape index (κ1) is 22.6. The van der Waals surface area contributed by atoms with Crippen LogP contribution in [0.3, 0.4) is 0 Å². The highest BCUT2D eigenvalue weighted by atomic mass is 19.1. The predicted molar refractivity (Wildman–Crippen MR) is 118 cm³/mol. The van der Waals surface area contributed by atoms with Crippen molar-refractivity contribution in [1.82, 2.24) is 5.32 Å². The summed E-state index contributed by atoms with van der Waals surface area (Å²) in [5, 5.41) is 3.30. The standard InChI is InChI=1S/C26H27F2NO2/c1-31-26(30)25(18-19-6-3-2-4-7-19)29-17-5-8-24(20-9-13-22(27)14-10-20)21-11-15-23(28)16-12-21/h2-4,6-7,9-16,24-25,29H,5,8,17-18H2,1H3/t25-/m0/s1. The molecule has 3 nitrogen and oxygen atoms in total. The van der Waals surface area contributed by atoms with Gasteiger partial charge in [0.2, 0.25) is 0 Å². The minimum absolute atomic E-state index is 0.00806. The van der Waals surface area contributed by atoms with Crippen LogP contribution in [-0.2, 0) is 16.0 Å². The maximum absolute atomic E-state index is 13.4. The van der Waals surface area contributed by atoms with Gasteiger partial charge in [-0.2, -0.15) is 0 Å². The Hall–Kier alpha value is -3.05. The molecule has 1 atom stereocenters. The first-order valence-electron chi connectivity index (χ1n) is 10.4.